The van der Waals surface area contributed by atoms with Gasteiger partial charge in [-0.05, 0) is 53.4 Å². The van der Waals surface area contributed by atoms with Gasteiger partial charge in [0.1, 0.15) is 5.75 Å². The van der Waals surface area contributed by atoms with Crippen LogP contribution in [-0.4, -0.2) is 4.98 Å². The van der Waals surface area contributed by atoms with Gasteiger partial charge in [-0.25, -0.2) is 4.98 Å². The third-order valence-corrected chi connectivity index (χ3v) is 3.80. The van der Waals surface area contributed by atoms with Crippen LogP contribution in [0.1, 0.15) is 5.56 Å². The minimum atomic E-state index is 0.645. The van der Waals surface area contributed by atoms with Crippen LogP contribution >= 0.6 is 0 Å². The molecule has 0 fully saturated rings. The summed E-state index contributed by atoms with van der Waals surface area (Å²) in [6, 6.07) is 22.6. The zero-order valence-corrected chi connectivity index (χ0v) is 12.3. The lowest BCUT2D eigenvalue weighted by molar-refractivity contribution is 0.469. The first-order valence-electron chi connectivity index (χ1n) is 7.32. The Kier molecular flexibility index (Phi) is 3.01. The third kappa shape index (κ3) is 2.29. The van der Waals surface area contributed by atoms with E-state index in [1.165, 1.54) is 16.3 Å². The lowest BCUT2D eigenvalue weighted by atomic mass is 10.0. The molecule has 0 aliphatic carbocycles. The van der Waals surface area contributed by atoms with Crippen LogP contribution in [0, 0.1) is 6.92 Å². The zero-order valence-electron chi connectivity index (χ0n) is 12.3. The molecule has 0 atom stereocenters. The highest BCUT2D eigenvalue weighted by Gasteiger charge is 2.07. The molecule has 0 unspecified atom stereocenters. The molecule has 4 rings (SSSR count). The standard InChI is InChI=1S/C20H15NO/c1-14-7-8-15-12-16-9-10-21-20(19(16)13-17(15)11-14)22-18-5-3-2-4-6-18/h2-13H,1H3. The Labute approximate surface area is 129 Å². The summed E-state index contributed by atoms with van der Waals surface area (Å²) in [5, 5.41) is 4.61. The highest BCUT2D eigenvalue weighted by Crippen LogP contribution is 2.31. The van der Waals surface area contributed by atoms with E-state index in [0.29, 0.717) is 5.88 Å². The smallest absolute Gasteiger partial charge is 0.227 e. The number of pyridine rings is 1. The molecule has 2 heteroatoms. The second-order valence-corrected chi connectivity index (χ2v) is 5.46. The number of para-hydroxylation sites is 1. The van der Waals surface area contributed by atoms with E-state index >= 15 is 0 Å². The van der Waals surface area contributed by atoms with Gasteiger partial charge in [0.15, 0.2) is 0 Å². The molecule has 0 saturated heterocycles. The molecule has 0 amide bonds. The number of hydrogen-bond acceptors (Lipinski definition) is 2. The molecule has 106 valence electrons. The Hall–Kier alpha value is -2.87. The van der Waals surface area contributed by atoms with Crippen LogP contribution in [0.4, 0.5) is 0 Å². The Bertz CT molecular complexity index is 961. The maximum absolute atomic E-state index is 5.96. The van der Waals surface area contributed by atoms with Gasteiger partial charge in [-0.2, -0.15) is 0 Å². The lowest BCUT2D eigenvalue weighted by Gasteiger charge is -2.09. The average molecular weight is 285 g/mol. The van der Waals surface area contributed by atoms with Crippen molar-refractivity contribution in [1.82, 2.24) is 4.98 Å². The maximum Gasteiger partial charge on any atom is 0.227 e. The van der Waals surface area contributed by atoms with Crippen molar-refractivity contribution in [3.8, 4) is 11.6 Å². The van der Waals surface area contributed by atoms with Crippen LogP contribution in [0.25, 0.3) is 21.5 Å². The summed E-state index contributed by atoms with van der Waals surface area (Å²) >= 11 is 0. The van der Waals surface area contributed by atoms with E-state index in [-0.39, 0.29) is 0 Å². The van der Waals surface area contributed by atoms with Crippen molar-refractivity contribution in [2.24, 2.45) is 0 Å². The number of aromatic nitrogens is 1. The SMILES string of the molecule is Cc1ccc2cc3ccnc(Oc4ccccc4)c3cc2c1. The number of benzene rings is 3. The van der Waals surface area contributed by atoms with E-state index in [1.807, 2.05) is 36.4 Å². The van der Waals surface area contributed by atoms with Crippen molar-refractivity contribution in [2.75, 3.05) is 0 Å². The van der Waals surface area contributed by atoms with Gasteiger partial charge < -0.3 is 4.74 Å². The van der Waals surface area contributed by atoms with Crippen molar-refractivity contribution in [2.45, 2.75) is 6.92 Å². The molecule has 3 aromatic carbocycles. The van der Waals surface area contributed by atoms with E-state index in [2.05, 4.69) is 42.2 Å². The Morgan fingerprint density at radius 3 is 2.50 bits per heavy atom. The molecule has 1 aromatic heterocycles. The summed E-state index contributed by atoms with van der Waals surface area (Å²) in [5.41, 5.74) is 1.25. The predicted molar refractivity (Wildman–Crippen MR) is 90.5 cm³/mol. The van der Waals surface area contributed by atoms with Gasteiger partial charge in [-0.1, -0.05) is 42.0 Å². The van der Waals surface area contributed by atoms with Crippen molar-refractivity contribution >= 4 is 21.5 Å². The lowest BCUT2D eigenvalue weighted by Crippen LogP contribution is -1.89. The van der Waals surface area contributed by atoms with E-state index in [9.17, 15) is 0 Å². The second kappa shape index (κ2) is 5.15. The quantitative estimate of drug-likeness (QED) is 0.454. The van der Waals surface area contributed by atoms with Crippen LogP contribution < -0.4 is 4.74 Å². The van der Waals surface area contributed by atoms with Crippen molar-refractivity contribution < 1.29 is 4.74 Å². The molecule has 22 heavy (non-hydrogen) atoms. The summed E-state index contributed by atoms with van der Waals surface area (Å²) in [7, 11) is 0. The van der Waals surface area contributed by atoms with Crippen molar-refractivity contribution in [3.05, 3.63) is 78.5 Å². The highest BCUT2D eigenvalue weighted by atomic mass is 16.5. The van der Waals surface area contributed by atoms with E-state index in [4.69, 9.17) is 4.74 Å². The molecule has 0 spiro atoms. The minimum Gasteiger partial charge on any atom is -0.438 e. The zero-order chi connectivity index (χ0) is 14.9. The first-order valence-corrected chi connectivity index (χ1v) is 7.32. The summed E-state index contributed by atoms with van der Waals surface area (Å²) in [4.78, 5) is 4.41. The fraction of sp³-hybridized carbons (Fsp3) is 0.0500. The predicted octanol–water partition coefficient (Wildman–Crippen LogP) is 5.49. The average Bonchev–Trinajstić information content (AvgIpc) is 2.54. The van der Waals surface area contributed by atoms with Gasteiger partial charge in [0.25, 0.3) is 0 Å². The van der Waals surface area contributed by atoms with Crippen LogP contribution in [0.5, 0.6) is 11.6 Å². The van der Waals surface area contributed by atoms with Gasteiger partial charge in [0, 0.05) is 11.6 Å². The second-order valence-electron chi connectivity index (χ2n) is 5.46. The summed E-state index contributed by atoms with van der Waals surface area (Å²) in [5.74, 6) is 1.44. The van der Waals surface area contributed by atoms with E-state index < -0.39 is 0 Å². The first-order chi connectivity index (χ1) is 10.8. The molecular weight excluding hydrogens is 270 g/mol. The molecule has 0 aliphatic rings. The van der Waals surface area contributed by atoms with Crippen molar-refractivity contribution in [1.29, 1.82) is 0 Å². The van der Waals surface area contributed by atoms with Crippen LogP contribution in [0.15, 0.2) is 72.9 Å². The molecule has 0 bridgehead atoms. The van der Waals surface area contributed by atoms with Crippen LogP contribution in [-0.2, 0) is 0 Å². The monoisotopic (exact) mass is 285 g/mol. The van der Waals surface area contributed by atoms with Crippen LogP contribution in [0.2, 0.25) is 0 Å². The molecule has 0 aliphatic heterocycles. The number of rotatable bonds is 2. The molecule has 0 radical (unpaired) electrons. The topological polar surface area (TPSA) is 22.1 Å². The molecule has 2 nitrogen and oxygen atoms in total. The van der Waals surface area contributed by atoms with Gasteiger partial charge in [-0.3, -0.25) is 0 Å². The first kappa shape index (κ1) is 12.8. The molecular formula is C20H15NO. The molecule has 0 saturated carbocycles. The number of fused-ring (bicyclic) bond motifs is 2. The number of hydrogen-bond donors (Lipinski definition) is 0. The summed E-state index contributed by atoms with van der Waals surface area (Å²) in [6.07, 6.45) is 1.79. The molecule has 4 aromatic rings. The third-order valence-electron chi connectivity index (χ3n) is 3.80. The molecule has 1 heterocycles. The van der Waals surface area contributed by atoms with E-state index in [0.717, 1.165) is 16.5 Å². The van der Waals surface area contributed by atoms with Crippen molar-refractivity contribution in [3.63, 3.8) is 0 Å². The van der Waals surface area contributed by atoms with Gasteiger partial charge in [-0.15, -0.1) is 0 Å². The summed E-state index contributed by atoms with van der Waals surface area (Å²) in [6.45, 7) is 2.11. The number of nitrogens with zero attached hydrogens (tertiary/aromatic N) is 1. The fourth-order valence-electron chi connectivity index (χ4n) is 2.69. The highest BCUT2D eigenvalue weighted by molar-refractivity contribution is 6.00. The number of ether oxygens (including phenoxy) is 1. The van der Waals surface area contributed by atoms with Gasteiger partial charge in [0.05, 0.1) is 0 Å². The Morgan fingerprint density at radius 2 is 1.64 bits per heavy atom. The largest absolute Gasteiger partial charge is 0.438 e. The maximum atomic E-state index is 5.96. The Morgan fingerprint density at radius 1 is 0.773 bits per heavy atom. The van der Waals surface area contributed by atoms with Gasteiger partial charge in [0.2, 0.25) is 5.88 Å². The minimum absolute atomic E-state index is 0.645. The van der Waals surface area contributed by atoms with Crippen LogP contribution in [0.3, 0.4) is 0 Å². The fourth-order valence-corrected chi connectivity index (χ4v) is 2.69. The van der Waals surface area contributed by atoms with Gasteiger partial charge >= 0.3 is 0 Å². The molecule has 0 N–H and O–H groups in total. The normalized spacial score (nSPS) is 11.0. The van der Waals surface area contributed by atoms with E-state index in [1.54, 1.807) is 6.20 Å². The Balaban J connectivity index is 1.91. The summed E-state index contributed by atoms with van der Waals surface area (Å²) < 4.78 is 5.96. The number of aryl methyl sites for hydroxylation is 1.